The fourth-order valence-electron chi connectivity index (χ4n) is 2.75. The van der Waals surface area contributed by atoms with E-state index in [9.17, 15) is 0 Å². The van der Waals surface area contributed by atoms with Crippen molar-refractivity contribution in [1.29, 1.82) is 0 Å². The van der Waals surface area contributed by atoms with Crippen LogP contribution in [0.15, 0.2) is 72.3 Å². The Morgan fingerprint density at radius 1 is 1.00 bits per heavy atom. The number of anilines is 2. The summed E-state index contributed by atoms with van der Waals surface area (Å²) in [7, 11) is 0. The van der Waals surface area contributed by atoms with E-state index in [-0.39, 0.29) is 0 Å². The lowest BCUT2D eigenvalue weighted by atomic mass is 10.0. The zero-order valence-corrected chi connectivity index (χ0v) is 13.3. The molecule has 0 amide bonds. The fraction of sp³-hybridized carbons (Fsp3) is 0.0526. The quantitative estimate of drug-likeness (QED) is 0.752. The van der Waals surface area contributed by atoms with Crippen molar-refractivity contribution in [2.75, 3.05) is 10.3 Å². The van der Waals surface area contributed by atoms with Crippen molar-refractivity contribution in [3.63, 3.8) is 0 Å². The molecule has 1 aromatic heterocycles. The molecule has 0 radical (unpaired) electrons. The first-order valence-electron chi connectivity index (χ1n) is 7.74. The predicted octanol–water partition coefficient (Wildman–Crippen LogP) is 3.98. The zero-order valence-electron chi connectivity index (χ0n) is 13.3. The minimum atomic E-state index is 0.738. The molecule has 0 spiro atoms. The number of fused-ring (bicyclic) bond motifs is 1. The number of amidine groups is 1. The van der Waals surface area contributed by atoms with Crippen LogP contribution in [0.5, 0.6) is 0 Å². The van der Waals surface area contributed by atoms with Crippen molar-refractivity contribution in [3.05, 3.63) is 84.1 Å². The third-order valence-corrected chi connectivity index (χ3v) is 3.90. The van der Waals surface area contributed by atoms with E-state index in [0.717, 1.165) is 39.9 Å². The second-order valence-electron chi connectivity index (χ2n) is 5.65. The van der Waals surface area contributed by atoms with Gasteiger partial charge in [0.2, 0.25) is 0 Å². The average molecular weight is 315 g/mol. The van der Waals surface area contributed by atoms with E-state index in [1.807, 2.05) is 66.5 Å². The van der Waals surface area contributed by atoms with Gasteiger partial charge in [-0.05, 0) is 19.1 Å². The van der Waals surface area contributed by atoms with Gasteiger partial charge in [-0.3, -0.25) is 5.10 Å². The van der Waals surface area contributed by atoms with E-state index in [2.05, 4.69) is 28.2 Å². The van der Waals surface area contributed by atoms with Crippen LogP contribution in [0.1, 0.15) is 16.8 Å². The van der Waals surface area contributed by atoms with Gasteiger partial charge in [-0.15, -0.1) is 5.10 Å². The van der Waals surface area contributed by atoms with Crippen molar-refractivity contribution in [1.82, 2.24) is 10.2 Å². The molecule has 4 rings (SSSR count). The maximum atomic E-state index is 4.76. The van der Waals surface area contributed by atoms with E-state index >= 15 is 0 Å². The summed E-state index contributed by atoms with van der Waals surface area (Å²) in [6.07, 6.45) is 0. The molecule has 0 saturated carbocycles. The highest BCUT2D eigenvalue weighted by Crippen LogP contribution is 2.32. The molecule has 2 N–H and O–H groups in total. The number of hydrazone groups is 1. The van der Waals surface area contributed by atoms with E-state index in [4.69, 9.17) is 5.10 Å². The highest BCUT2D eigenvalue weighted by Gasteiger charge is 2.23. The molecule has 2 heterocycles. The fourth-order valence-corrected chi connectivity index (χ4v) is 2.75. The van der Waals surface area contributed by atoms with Crippen LogP contribution < -0.4 is 10.3 Å². The Morgan fingerprint density at radius 2 is 1.71 bits per heavy atom. The monoisotopic (exact) mass is 315 g/mol. The molecule has 0 saturated heterocycles. The summed E-state index contributed by atoms with van der Waals surface area (Å²) in [5, 5.41) is 17.1. The molecular formula is C19H17N5. The molecule has 5 heteroatoms. The van der Waals surface area contributed by atoms with Gasteiger partial charge in [-0.1, -0.05) is 49.0 Å². The van der Waals surface area contributed by atoms with Gasteiger partial charge in [0.05, 0.1) is 11.4 Å². The number of hydrogen-bond donors (Lipinski definition) is 2. The van der Waals surface area contributed by atoms with Gasteiger partial charge in [0.1, 0.15) is 0 Å². The zero-order chi connectivity index (χ0) is 16.5. The molecule has 1 aliphatic rings. The second kappa shape index (κ2) is 5.70. The summed E-state index contributed by atoms with van der Waals surface area (Å²) in [5.41, 5.74) is 4.86. The molecule has 1 aliphatic heterocycles. The summed E-state index contributed by atoms with van der Waals surface area (Å²) in [6, 6.07) is 20.0. The Hall–Kier alpha value is -3.34. The molecule has 2 aromatic carbocycles. The number of aromatic nitrogens is 2. The van der Waals surface area contributed by atoms with Gasteiger partial charge < -0.3 is 5.32 Å². The SMILES string of the molecule is C=C1c2ccccc2C(Nc2cc(C)[nH]n2)=NN1c1ccccc1. The molecule has 5 nitrogen and oxygen atoms in total. The third kappa shape index (κ3) is 2.46. The van der Waals surface area contributed by atoms with Crippen molar-refractivity contribution >= 4 is 23.0 Å². The highest BCUT2D eigenvalue weighted by atomic mass is 15.5. The lowest BCUT2D eigenvalue weighted by molar-refractivity contribution is 1.04. The maximum absolute atomic E-state index is 4.76. The number of aryl methyl sites for hydroxylation is 1. The Labute approximate surface area is 140 Å². The van der Waals surface area contributed by atoms with Crippen LogP contribution >= 0.6 is 0 Å². The van der Waals surface area contributed by atoms with E-state index in [1.54, 1.807) is 0 Å². The molecule has 3 aromatic rings. The first-order chi connectivity index (χ1) is 11.7. The van der Waals surface area contributed by atoms with Crippen LogP contribution in [0.2, 0.25) is 0 Å². The van der Waals surface area contributed by atoms with Gasteiger partial charge in [-0.2, -0.15) is 5.10 Å². The van der Waals surface area contributed by atoms with Crippen LogP contribution in [0, 0.1) is 6.92 Å². The number of rotatable bonds is 2. The number of aromatic amines is 1. The van der Waals surface area contributed by atoms with E-state index in [0.29, 0.717) is 0 Å². The Balaban J connectivity index is 1.80. The minimum absolute atomic E-state index is 0.738. The third-order valence-electron chi connectivity index (χ3n) is 3.90. The number of nitrogens with zero attached hydrogens (tertiary/aromatic N) is 3. The van der Waals surface area contributed by atoms with Crippen molar-refractivity contribution < 1.29 is 0 Å². The summed E-state index contributed by atoms with van der Waals surface area (Å²) >= 11 is 0. The Morgan fingerprint density at radius 3 is 2.42 bits per heavy atom. The first kappa shape index (κ1) is 14.3. The van der Waals surface area contributed by atoms with Crippen LogP contribution in [-0.2, 0) is 0 Å². The molecule has 0 fully saturated rings. The van der Waals surface area contributed by atoms with Gasteiger partial charge in [0.25, 0.3) is 0 Å². The molecule has 0 bridgehead atoms. The second-order valence-corrected chi connectivity index (χ2v) is 5.65. The van der Waals surface area contributed by atoms with Gasteiger partial charge in [0, 0.05) is 22.9 Å². The van der Waals surface area contributed by atoms with Crippen molar-refractivity contribution in [2.24, 2.45) is 5.10 Å². The standard InChI is InChI=1S/C19H17N5/c1-13-12-18(22-21-13)20-19-17-11-7-6-10-16(17)14(2)24(23-19)15-8-4-3-5-9-15/h3-12H,2H2,1H3,(H2,20,21,22,23). The lowest BCUT2D eigenvalue weighted by Gasteiger charge is -2.29. The molecule has 0 atom stereocenters. The number of nitrogens with one attached hydrogen (secondary N) is 2. The van der Waals surface area contributed by atoms with Crippen LogP contribution in [0.4, 0.5) is 11.5 Å². The summed E-state index contributed by atoms with van der Waals surface area (Å²) in [6.45, 7) is 6.19. The van der Waals surface area contributed by atoms with Crippen molar-refractivity contribution in [2.45, 2.75) is 6.92 Å². The average Bonchev–Trinajstić information content (AvgIpc) is 3.03. The molecule has 0 unspecified atom stereocenters. The molecule has 24 heavy (non-hydrogen) atoms. The van der Waals surface area contributed by atoms with Crippen LogP contribution in [0.3, 0.4) is 0 Å². The summed E-state index contributed by atoms with van der Waals surface area (Å²) < 4.78 is 0. The smallest absolute Gasteiger partial charge is 0.160 e. The number of hydrogen-bond acceptors (Lipinski definition) is 4. The molecular weight excluding hydrogens is 298 g/mol. The van der Waals surface area contributed by atoms with Crippen LogP contribution in [-0.4, -0.2) is 16.0 Å². The number of benzene rings is 2. The van der Waals surface area contributed by atoms with Gasteiger partial charge in [-0.25, -0.2) is 5.01 Å². The Kier molecular flexibility index (Phi) is 3.39. The van der Waals surface area contributed by atoms with E-state index in [1.165, 1.54) is 0 Å². The predicted molar refractivity (Wildman–Crippen MR) is 97.9 cm³/mol. The summed E-state index contributed by atoms with van der Waals surface area (Å²) in [4.78, 5) is 0. The van der Waals surface area contributed by atoms with Crippen molar-refractivity contribution in [3.8, 4) is 0 Å². The topological polar surface area (TPSA) is 56.3 Å². The van der Waals surface area contributed by atoms with E-state index < -0.39 is 0 Å². The highest BCUT2D eigenvalue weighted by molar-refractivity contribution is 6.13. The number of H-pyrrole nitrogens is 1. The Bertz CT molecular complexity index is 924. The molecule has 0 aliphatic carbocycles. The normalized spacial score (nSPS) is 13.5. The summed E-state index contributed by atoms with van der Waals surface area (Å²) in [5.74, 6) is 1.48. The van der Waals surface area contributed by atoms with Crippen LogP contribution in [0.25, 0.3) is 5.70 Å². The largest absolute Gasteiger partial charge is 0.321 e. The molecule has 118 valence electrons. The minimum Gasteiger partial charge on any atom is -0.321 e. The van der Waals surface area contributed by atoms with Gasteiger partial charge >= 0.3 is 0 Å². The first-order valence-corrected chi connectivity index (χ1v) is 7.74. The maximum Gasteiger partial charge on any atom is 0.160 e. The lowest BCUT2D eigenvalue weighted by Crippen LogP contribution is -2.28. The van der Waals surface area contributed by atoms with Gasteiger partial charge in [0.15, 0.2) is 11.7 Å². The number of para-hydroxylation sites is 1.